The summed E-state index contributed by atoms with van der Waals surface area (Å²) in [5.74, 6) is -0.112. The number of carbonyl (C=O) groups is 2. The van der Waals surface area contributed by atoms with Gasteiger partial charge in [-0.05, 0) is 32.1 Å². The first-order valence-electron chi connectivity index (χ1n) is 19.2. The zero-order chi connectivity index (χ0) is 32.4. The first-order valence-corrected chi connectivity index (χ1v) is 19.2. The van der Waals surface area contributed by atoms with Crippen molar-refractivity contribution in [2.24, 2.45) is 5.73 Å². The SMILES string of the molecule is CCCCCCCCCCCCCCCCCC(=O)N[C@@H](CCCCNC(=N)N)C(=O)NCCCCCCCCCCCC. The predicted octanol–water partition coefficient (Wildman–Crippen LogP) is 9.42. The van der Waals surface area contributed by atoms with E-state index in [1.54, 1.807) is 0 Å². The average Bonchev–Trinajstić information content (AvgIpc) is 3.00. The van der Waals surface area contributed by atoms with Crippen molar-refractivity contribution in [1.82, 2.24) is 16.0 Å². The van der Waals surface area contributed by atoms with Crippen LogP contribution in [-0.4, -0.2) is 36.9 Å². The van der Waals surface area contributed by atoms with Crippen molar-refractivity contribution in [2.75, 3.05) is 13.1 Å². The van der Waals surface area contributed by atoms with Gasteiger partial charge in [0.15, 0.2) is 5.96 Å². The van der Waals surface area contributed by atoms with E-state index in [1.807, 2.05) is 0 Å². The van der Waals surface area contributed by atoms with Crippen LogP contribution in [0.1, 0.15) is 200 Å². The molecule has 0 aliphatic heterocycles. The summed E-state index contributed by atoms with van der Waals surface area (Å²) in [7, 11) is 0. The zero-order valence-corrected chi connectivity index (χ0v) is 29.4. The molecule has 0 rings (SSSR count). The van der Waals surface area contributed by atoms with E-state index in [-0.39, 0.29) is 17.8 Å². The summed E-state index contributed by atoms with van der Waals surface area (Å²) in [6.07, 6.45) is 35.0. The molecule has 260 valence electrons. The summed E-state index contributed by atoms with van der Waals surface area (Å²) in [5, 5.41) is 16.2. The summed E-state index contributed by atoms with van der Waals surface area (Å²) in [6, 6.07) is -0.487. The summed E-state index contributed by atoms with van der Waals surface area (Å²) in [6.45, 7) is 5.81. The van der Waals surface area contributed by atoms with Gasteiger partial charge in [-0.1, -0.05) is 162 Å². The lowest BCUT2D eigenvalue weighted by atomic mass is 10.0. The van der Waals surface area contributed by atoms with Crippen molar-refractivity contribution < 1.29 is 9.59 Å². The Balaban J connectivity index is 4.04. The first-order chi connectivity index (χ1) is 21.5. The lowest BCUT2D eigenvalue weighted by Gasteiger charge is -2.19. The zero-order valence-electron chi connectivity index (χ0n) is 29.4. The van der Waals surface area contributed by atoms with Crippen LogP contribution in [0.3, 0.4) is 0 Å². The summed E-state index contributed by atoms with van der Waals surface area (Å²) >= 11 is 0. The van der Waals surface area contributed by atoms with Crippen LogP contribution in [0.15, 0.2) is 0 Å². The number of unbranched alkanes of at least 4 members (excludes halogenated alkanes) is 24. The predicted molar refractivity (Wildman–Crippen MR) is 190 cm³/mol. The number of amides is 2. The van der Waals surface area contributed by atoms with Gasteiger partial charge in [0.2, 0.25) is 11.8 Å². The Labute approximate surface area is 273 Å². The minimum atomic E-state index is -0.487. The monoisotopic (exact) mass is 622 g/mol. The van der Waals surface area contributed by atoms with Gasteiger partial charge in [-0.2, -0.15) is 0 Å². The third-order valence-electron chi connectivity index (χ3n) is 8.72. The molecule has 0 heterocycles. The number of guanidine groups is 1. The average molecular weight is 622 g/mol. The molecule has 0 fully saturated rings. The smallest absolute Gasteiger partial charge is 0.242 e. The van der Waals surface area contributed by atoms with Gasteiger partial charge in [-0.25, -0.2) is 0 Å². The van der Waals surface area contributed by atoms with Gasteiger partial charge in [0, 0.05) is 19.5 Å². The van der Waals surface area contributed by atoms with Gasteiger partial charge in [-0.15, -0.1) is 0 Å². The molecule has 0 aromatic heterocycles. The Kier molecular flexibility index (Phi) is 32.7. The molecule has 0 aliphatic rings. The Morgan fingerprint density at radius 2 is 0.886 bits per heavy atom. The van der Waals surface area contributed by atoms with Crippen molar-refractivity contribution >= 4 is 17.8 Å². The molecule has 0 spiro atoms. The lowest BCUT2D eigenvalue weighted by Crippen LogP contribution is -2.47. The topological polar surface area (TPSA) is 120 Å². The fourth-order valence-corrected chi connectivity index (χ4v) is 5.84. The lowest BCUT2D eigenvalue weighted by molar-refractivity contribution is -0.129. The van der Waals surface area contributed by atoms with Crippen molar-refractivity contribution in [3.63, 3.8) is 0 Å². The molecule has 0 radical (unpaired) electrons. The Morgan fingerprint density at radius 3 is 1.32 bits per heavy atom. The van der Waals surface area contributed by atoms with E-state index in [0.717, 1.165) is 38.5 Å². The molecule has 44 heavy (non-hydrogen) atoms. The van der Waals surface area contributed by atoms with Crippen LogP contribution < -0.4 is 21.7 Å². The van der Waals surface area contributed by atoms with Gasteiger partial charge >= 0.3 is 0 Å². The van der Waals surface area contributed by atoms with Gasteiger partial charge in [0.25, 0.3) is 0 Å². The van der Waals surface area contributed by atoms with Gasteiger partial charge in [0.05, 0.1) is 0 Å². The Morgan fingerprint density at radius 1 is 0.523 bits per heavy atom. The molecule has 0 saturated heterocycles. The molecule has 0 aliphatic carbocycles. The standard InChI is InChI=1S/C37H75N5O2/c1-3-5-7-9-11-13-15-16-17-18-19-20-22-24-26-31-35(43)42-34(30-27-29-33-41-37(38)39)36(44)40-32-28-25-23-21-14-12-10-8-6-4-2/h34H,3-33H2,1-2H3,(H,40,44)(H,42,43)(H4,38,39,41)/t34-/m0/s1. The number of hydrogen-bond acceptors (Lipinski definition) is 3. The summed E-state index contributed by atoms with van der Waals surface area (Å²) in [4.78, 5) is 25.6. The van der Waals surface area contributed by atoms with E-state index in [1.165, 1.54) is 135 Å². The normalized spacial score (nSPS) is 11.8. The number of nitrogens with two attached hydrogens (primary N) is 1. The first kappa shape index (κ1) is 42.2. The minimum absolute atomic E-state index is 0.0133. The minimum Gasteiger partial charge on any atom is -0.370 e. The molecule has 0 saturated carbocycles. The van der Waals surface area contributed by atoms with Crippen LogP contribution in [0.5, 0.6) is 0 Å². The van der Waals surface area contributed by atoms with Crippen LogP contribution in [0.2, 0.25) is 0 Å². The van der Waals surface area contributed by atoms with Crippen molar-refractivity contribution in [3.8, 4) is 0 Å². The van der Waals surface area contributed by atoms with Gasteiger partial charge in [0.1, 0.15) is 6.04 Å². The third-order valence-corrected chi connectivity index (χ3v) is 8.72. The largest absolute Gasteiger partial charge is 0.370 e. The highest BCUT2D eigenvalue weighted by molar-refractivity contribution is 5.87. The van der Waals surface area contributed by atoms with Crippen molar-refractivity contribution in [2.45, 2.75) is 206 Å². The molecular formula is C37H75N5O2. The molecule has 0 bridgehead atoms. The molecule has 7 heteroatoms. The highest BCUT2D eigenvalue weighted by Crippen LogP contribution is 2.14. The van der Waals surface area contributed by atoms with E-state index in [9.17, 15) is 9.59 Å². The van der Waals surface area contributed by atoms with Gasteiger partial charge in [-0.3, -0.25) is 15.0 Å². The Hall–Kier alpha value is -1.79. The molecule has 6 N–H and O–H groups in total. The second kappa shape index (κ2) is 34.1. The molecular weight excluding hydrogens is 546 g/mol. The molecule has 0 aromatic rings. The molecule has 0 unspecified atom stereocenters. The summed E-state index contributed by atoms with van der Waals surface area (Å²) in [5.41, 5.74) is 5.36. The quantitative estimate of drug-likeness (QED) is 0.0279. The number of hydrogen-bond donors (Lipinski definition) is 5. The Bertz CT molecular complexity index is 658. The van der Waals surface area contributed by atoms with Crippen LogP contribution in [0.25, 0.3) is 0 Å². The maximum Gasteiger partial charge on any atom is 0.242 e. The van der Waals surface area contributed by atoms with Crippen LogP contribution >= 0.6 is 0 Å². The van der Waals surface area contributed by atoms with Crippen molar-refractivity contribution in [3.05, 3.63) is 0 Å². The second-order valence-corrected chi connectivity index (χ2v) is 13.1. The number of carbonyl (C=O) groups excluding carboxylic acids is 2. The van der Waals surface area contributed by atoms with E-state index in [2.05, 4.69) is 29.8 Å². The van der Waals surface area contributed by atoms with E-state index in [0.29, 0.717) is 25.9 Å². The number of rotatable bonds is 34. The third kappa shape index (κ3) is 31.6. The van der Waals surface area contributed by atoms with Crippen LogP contribution in [-0.2, 0) is 9.59 Å². The molecule has 1 atom stereocenters. The van der Waals surface area contributed by atoms with Crippen LogP contribution in [0, 0.1) is 5.41 Å². The highest BCUT2D eigenvalue weighted by atomic mass is 16.2. The summed E-state index contributed by atoms with van der Waals surface area (Å²) < 4.78 is 0. The molecule has 7 nitrogen and oxygen atoms in total. The van der Waals surface area contributed by atoms with E-state index < -0.39 is 6.04 Å². The van der Waals surface area contributed by atoms with E-state index >= 15 is 0 Å². The van der Waals surface area contributed by atoms with E-state index in [4.69, 9.17) is 11.1 Å². The molecule has 0 aromatic carbocycles. The fourth-order valence-electron chi connectivity index (χ4n) is 5.84. The van der Waals surface area contributed by atoms with Crippen LogP contribution in [0.4, 0.5) is 0 Å². The van der Waals surface area contributed by atoms with Gasteiger partial charge < -0.3 is 21.7 Å². The fraction of sp³-hybridized carbons (Fsp3) is 0.919. The molecule has 2 amide bonds. The second-order valence-electron chi connectivity index (χ2n) is 13.1. The van der Waals surface area contributed by atoms with Crippen molar-refractivity contribution in [1.29, 1.82) is 5.41 Å². The maximum atomic E-state index is 12.9. The maximum absolute atomic E-state index is 12.9. The number of nitrogens with one attached hydrogen (secondary N) is 4. The highest BCUT2D eigenvalue weighted by Gasteiger charge is 2.19.